The van der Waals surface area contributed by atoms with Crippen molar-refractivity contribution in [2.75, 3.05) is 7.11 Å². The molecule has 0 saturated carbocycles. The third-order valence-electron chi connectivity index (χ3n) is 3.58. The average molecular weight is 415 g/mol. The van der Waals surface area contributed by atoms with Crippen molar-refractivity contribution in [1.29, 1.82) is 0 Å². The molecule has 0 heterocycles. The lowest BCUT2D eigenvalue weighted by atomic mass is 10.1. The zero-order chi connectivity index (χ0) is 20.9. The standard InChI is InChI=1S/C22H30O4Si2/c1-24-18-15-20(25-27(2,3)4)22(21(16-18)26-28(5,6)7)19(23)14-13-17-11-9-8-10-12-17/h8-16H,1-7H3/b14-13+. The van der Waals surface area contributed by atoms with E-state index in [1.54, 1.807) is 25.3 Å². The van der Waals surface area contributed by atoms with Gasteiger partial charge in [0, 0.05) is 12.1 Å². The minimum atomic E-state index is -1.96. The molecule has 0 saturated heterocycles. The van der Waals surface area contributed by atoms with Gasteiger partial charge in [0.25, 0.3) is 0 Å². The summed E-state index contributed by atoms with van der Waals surface area (Å²) in [6, 6.07) is 13.3. The van der Waals surface area contributed by atoms with Crippen molar-refractivity contribution in [1.82, 2.24) is 0 Å². The molecule has 0 aliphatic heterocycles. The van der Waals surface area contributed by atoms with Crippen LogP contribution < -0.4 is 13.6 Å². The van der Waals surface area contributed by atoms with Crippen molar-refractivity contribution in [2.24, 2.45) is 0 Å². The topological polar surface area (TPSA) is 44.8 Å². The summed E-state index contributed by atoms with van der Waals surface area (Å²) < 4.78 is 17.9. The number of ketones is 1. The Morgan fingerprint density at radius 2 is 1.36 bits per heavy atom. The van der Waals surface area contributed by atoms with Crippen LogP contribution in [0.15, 0.2) is 48.5 Å². The molecule has 0 aromatic heterocycles. The average Bonchev–Trinajstić information content (AvgIpc) is 2.57. The van der Waals surface area contributed by atoms with Gasteiger partial charge in [0.2, 0.25) is 16.6 Å². The number of ether oxygens (including phenoxy) is 1. The maximum absolute atomic E-state index is 13.2. The minimum absolute atomic E-state index is 0.145. The number of benzene rings is 2. The normalized spacial score (nSPS) is 12.1. The van der Waals surface area contributed by atoms with E-state index in [9.17, 15) is 4.79 Å². The van der Waals surface area contributed by atoms with Crippen LogP contribution in [0.1, 0.15) is 15.9 Å². The van der Waals surface area contributed by atoms with Crippen molar-refractivity contribution in [2.45, 2.75) is 39.3 Å². The van der Waals surface area contributed by atoms with Gasteiger partial charge in [-0.25, -0.2) is 0 Å². The summed E-state index contributed by atoms with van der Waals surface area (Å²) in [5.41, 5.74) is 1.42. The van der Waals surface area contributed by atoms with E-state index < -0.39 is 16.6 Å². The lowest BCUT2D eigenvalue weighted by Crippen LogP contribution is -2.32. The predicted octanol–water partition coefficient (Wildman–Crippen LogP) is 6.02. The van der Waals surface area contributed by atoms with E-state index in [1.807, 2.05) is 36.4 Å². The van der Waals surface area contributed by atoms with E-state index in [4.69, 9.17) is 13.6 Å². The van der Waals surface area contributed by atoms with Crippen LogP contribution in [-0.2, 0) is 0 Å². The van der Waals surface area contributed by atoms with E-state index in [1.165, 1.54) is 0 Å². The molecule has 0 N–H and O–H groups in total. The molecule has 0 unspecified atom stereocenters. The molecule has 0 radical (unpaired) electrons. The molecule has 28 heavy (non-hydrogen) atoms. The molecular weight excluding hydrogens is 384 g/mol. The highest BCUT2D eigenvalue weighted by atomic mass is 28.4. The zero-order valence-electron chi connectivity index (χ0n) is 17.8. The maximum atomic E-state index is 13.2. The minimum Gasteiger partial charge on any atom is -0.544 e. The third kappa shape index (κ3) is 6.69. The monoisotopic (exact) mass is 414 g/mol. The number of hydrogen-bond donors (Lipinski definition) is 0. The molecule has 4 nitrogen and oxygen atoms in total. The molecule has 2 aromatic carbocycles. The van der Waals surface area contributed by atoms with Crippen molar-refractivity contribution in [3.8, 4) is 17.2 Å². The summed E-state index contributed by atoms with van der Waals surface area (Å²) in [6.45, 7) is 12.5. The first-order chi connectivity index (χ1) is 13.0. The maximum Gasteiger partial charge on any atom is 0.242 e. The summed E-state index contributed by atoms with van der Waals surface area (Å²) in [6.07, 6.45) is 3.38. The van der Waals surface area contributed by atoms with Crippen LogP contribution in [0.2, 0.25) is 39.3 Å². The van der Waals surface area contributed by atoms with Crippen LogP contribution in [0.4, 0.5) is 0 Å². The molecule has 2 aromatic rings. The van der Waals surface area contributed by atoms with Crippen molar-refractivity contribution < 1.29 is 18.4 Å². The SMILES string of the molecule is COc1cc(O[Si](C)(C)C)c(C(=O)/C=C/c2ccccc2)c(O[Si](C)(C)C)c1. The Balaban J connectivity index is 2.56. The first-order valence-corrected chi connectivity index (χ1v) is 16.2. The second-order valence-electron chi connectivity index (χ2n) is 8.54. The van der Waals surface area contributed by atoms with Gasteiger partial charge in [-0.3, -0.25) is 4.79 Å². The van der Waals surface area contributed by atoms with E-state index >= 15 is 0 Å². The van der Waals surface area contributed by atoms with Gasteiger partial charge in [0.05, 0.1) is 7.11 Å². The Labute approximate surface area is 170 Å². The Bertz CT molecular complexity index is 810. The largest absolute Gasteiger partial charge is 0.544 e. The van der Waals surface area contributed by atoms with Gasteiger partial charge in [-0.15, -0.1) is 0 Å². The molecule has 0 amide bonds. The van der Waals surface area contributed by atoms with E-state index in [-0.39, 0.29) is 5.78 Å². The van der Waals surface area contributed by atoms with Gasteiger partial charge in [-0.1, -0.05) is 36.4 Å². The molecule has 0 fully saturated rings. The van der Waals surface area contributed by atoms with Crippen molar-refractivity contribution in [3.63, 3.8) is 0 Å². The van der Waals surface area contributed by atoms with Gasteiger partial charge in [-0.2, -0.15) is 0 Å². The number of hydrogen-bond acceptors (Lipinski definition) is 4. The zero-order valence-corrected chi connectivity index (χ0v) is 19.8. The van der Waals surface area contributed by atoms with Crippen LogP contribution in [0.5, 0.6) is 17.2 Å². The quantitative estimate of drug-likeness (QED) is 0.301. The van der Waals surface area contributed by atoms with Gasteiger partial charge in [0.1, 0.15) is 22.8 Å². The fourth-order valence-corrected chi connectivity index (χ4v) is 4.21. The highest BCUT2D eigenvalue weighted by Crippen LogP contribution is 2.37. The van der Waals surface area contributed by atoms with Crippen LogP contribution >= 0.6 is 0 Å². The first-order valence-electron chi connectivity index (χ1n) is 9.36. The Kier molecular flexibility index (Phi) is 6.90. The van der Waals surface area contributed by atoms with Gasteiger partial charge in [-0.05, 0) is 50.9 Å². The van der Waals surface area contributed by atoms with E-state index in [0.717, 1.165) is 5.56 Å². The van der Waals surface area contributed by atoms with Crippen molar-refractivity contribution >= 4 is 28.5 Å². The fraction of sp³-hybridized carbons (Fsp3) is 0.318. The van der Waals surface area contributed by atoms with Crippen LogP contribution in [0.25, 0.3) is 6.08 Å². The summed E-state index contributed by atoms with van der Waals surface area (Å²) in [7, 11) is -2.31. The van der Waals surface area contributed by atoms with Gasteiger partial charge < -0.3 is 13.6 Å². The molecule has 0 bridgehead atoms. The third-order valence-corrected chi connectivity index (χ3v) is 5.25. The smallest absolute Gasteiger partial charge is 0.242 e. The number of carbonyl (C=O) groups excluding carboxylic acids is 1. The predicted molar refractivity (Wildman–Crippen MR) is 121 cm³/mol. The molecule has 0 spiro atoms. The van der Waals surface area contributed by atoms with Crippen LogP contribution in [0, 0.1) is 0 Å². The van der Waals surface area contributed by atoms with Crippen LogP contribution in [-0.4, -0.2) is 29.5 Å². The summed E-state index contributed by atoms with van der Waals surface area (Å²) >= 11 is 0. The Morgan fingerprint density at radius 3 is 1.79 bits per heavy atom. The molecular formula is C22H30O4Si2. The number of carbonyl (C=O) groups is 1. The fourth-order valence-electron chi connectivity index (χ4n) is 2.57. The second-order valence-corrected chi connectivity index (χ2v) is 17.4. The number of rotatable bonds is 8. The Hall–Kier alpha value is -2.32. The molecule has 150 valence electrons. The molecule has 0 aliphatic carbocycles. The summed E-state index contributed by atoms with van der Waals surface area (Å²) in [4.78, 5) is 13.2. The van der Waals surface area contributed by atoms with Gasteiger partial charge in [0.15, 0.2) is 5.78 Å². The summed E-state index contributed by atoms with van der Waals surface area (Å²) in [5.74, 6) is 1.52. The van der Waals surface area contributed by atoms with Crippen LogP contribution in [0.3, 0.4) is 0 Å². The molecule has 2 rings (SSSR count). The molecule has 0 atom stereocenters. The number of methoxy groups -OCH3 is 1. The second kappa shape index (κ2) is 8.79. The number of allylic oxidation sites excluding steroid dienone is 1. The highest BCUT2D eigenvalue weighted by Gasteiger charge is 2.27. The van der Waals surface area contributed by atoms with Gasteiger partial charge >= 0.3 is 0 Å². The highest BCUT2D eigenvalue weighted by molar-refractivity contribution is 6.71. The van der Waals surface area contributed by atoms with E-state index in [2.05, 4.69) is 39.3 Å². The summed E-state index contributed by atoms with van der Waals surface area (Å²) in [5, 5.41) is 0. The lowest BCUT2D eigenvalue weighted by Gasteiger charge is -2.26. The molecule has 0 aliphatic rings. The van der Waals surface area contributed by atoms with Crippen molar-refractivity contribution in [3.05, 3.63) is 59.7 Å². The first kappa shape index (κ1) is 22.0. The molecule has 6 heteroatoms. The van der Waals surface area contributed by atoms with E-state index in [0.29, 0.717) is 22.8 Å². The Morgan fingerprint density at radius 1 is 0.857 bits per heavy atom. The lowest BCUT2D eigenvalue weighted by molar-refractivity contribution is 0.104.